The second kappa shape index (κ2) is 12.0. The molecule has 1 heterocycles. The van der Waals surface area contributed by atoms with E-state index in [0.717, 1.165) is 38.6 Å². The average Bonchev–Trinajstić information content (AvgIpc) is 3.49. The molecule has 0 N–H and O–H groups in total. The van der Waals surface area contributed by atoms with Gasteiger partial charge < -0.3 is 4.57 Å². The number of benzene rings is 7. The summed E-state index contributed by atoms with van der Waals surface area (Å²) in [4.78, 5) is 4.08. The molecule has 0 radical (unpaired) electrons. The largest absolute Gasteiger partial charge is 0.310 e. The van der Waals surface area contributed by atoms with Gasteiger partial charge in [0.15, 0.2) is 13.8 Å². The van der Waals surface area contributed by atoms with Crippen LogP contribution in [-0.2, 0) is 0 Å². The number of hydrogen-bond donors (Lipinski definition) is 0. The van der Waals surface area contributed by atoms with Crippen molar-refractivity contribution in [3.63, 3.8) is 0 Å². The van der Waals surface area contributed by atoms with E-state index in [1.165, 1.54) is 20.7 Å². The Bertz CT molecular complexity index is 2430. The molecule has 8 aromatic rings. The number of aromatic nitrogens is 1. The maximum Gasteiger partial charge on any atom is 0.196 e. The molecular formula is C44H29N3Si. The molecule has 0 fully saturated rings. The Morgan fingerprint density at radius 3 is 1.71 bits per heavy atom. The van der Waals surface area contributed by atoms with Crippen molar-refractivity contribution in [1.29, 1.82) is 5.26 Å². The fourth-order valence-electron chi connectivity index (χ4n) is 7.38. The second-order valence-corrected chi connectivity index (χ2v) is 15.7. The standard InChI is InChI=1S/C44H29N3Si/c1-46-40-24-14-26-43(47-41-25-12-11-23-38(41)39-29-32(31-45)27-28-42(39)47)44(40)33-15-13-22-37(30-33)48(34-16-5-2-6-17-34,35-18-7-3-8-19-35)36-20-9-4-10-21-36/h2-30H. The minimum absolute atomic E-state index is 0.593. The predicted octanol–water partition coefficient (Wildman–Crippen LogP) is 8.25. The fraction of sp³-hybridized carbons (Fsp3) is 0. The molecule has 0 aliphatic rings. The molecule has 0 amide bonds. The first-order valence-corrected chi connectivity index (χ1v) is 18.0. The first-order valence-electron chi connectivity index (χ1n) is 16.0. The SMILES string of the molecule is [C-]#[N+]c1cccc(-n2c3ccccc3c3cc(C#N)ccc32)c1-c1cccc([Si](c2ccccc2)(c2ccccc2)c2ccccc2)c1. The third-order valence-electron chi connectivity index (χ3n) is 9.39. The molecular weight excluding hydrogens is 599 g/mol. The Labute approximate surface area is 281 Å². The molecule has 0 aliphatic carbocycles. The van der Waals surface area contributed by atoms with Crippen LogP contribution in [0.1, 0.15) is 5.56 Å². The lowest BCUT2D eigenvalue weighted by Gasteiger charge is -2.34. The molecule has 7 aromatic carbocycles. The van der Waals surface area contributed by atoms with Gasteiger partial charge in [0.1, 0.15) is 0 Å². The topological polar surface area (TPSA) is 33.1 Å². The van der Waals surface area contributed by atoms with Gasteiger partial charge >= 0.3 is 0 Å². The molecule has 0 unspecified atom stereocenters. The Morgan fingerprint density at radius 1 is 0.521 bits per heavy atom. The maximum absolute atomic E-state index is 9.71. The summed E-state index contributed by atoms with van der Waals surface area (Å²) in [6.07, 6.45) is 0. The van der Waals surface area contributed by atoms with Crippen LogP contribution in [0.3, 0.4) is 0 Å². The van der Waals surface area contributed by atoms with Crippen molar-refractivity contribution in [2.24, 2.45) is 0 Å². The molecule has 0 aliphatic heterocycles. The first kappa shape index (κ1) is 29.0. The Kier molecular flexibility index (Phi) is 7.27. The van der Waals surface area contributed by atoms with Gasteiger partial charge in [0, 0.05) is 22.0 Å². The van der Waals surface area contributed by atoms with Gasteiger partial charge in [0.2, 0.25) is 0 Å². The van der Waals surface area contributed by atoms with E-state index in [9.17, 15) is 5.26 Å². The van der Waals surface area contributed by atoms with E-state index in [0.29, 0.717) is 11.3 Å². The lowest BCUT2D eigenvalue weighted by atomic mass is 10.0. The van der Waals surface area contributed by atoms with Crippen molar-refractivity contribution in [2.45, 2.75) is 0 Å². The molecule has 8 rings (SSSR count). The highest BCUT2D eigenvalue weighted by Gasteiger charge is 2.41. The van der Waals surface area contributed by atoms with Gasteiger partial charge in [-0.1, -0.05) is 146 Å². The zero-order valence-corrected chi connectivity index (χ0v) is 27.1. The highest BCUT2D eigenvalue weighted by molar-refractivity contribution is 7.19. The van der Waals surface area contributed by atoms with Gasteiger partial charge in [-0.3, -0.25) is 0 Å². The van der Waals surface area contributed by atoms with E-state index in [1.807, 2.05) is 42.5 Å². The quantitative estimate of drug-likeness (QED) is 0.104. The summed E-state index contributed by atoms with van der Waals surface area (Å²) in [5, 5.41) is 16.9. The number of rotatable bonds is 6. The number of fused-ring (bicyclic) bond motifs is 3. The number of nitrogens with zero attached hydrogens (tertiary/aromatic N) is 3. The molecule has 0 atom stereocenters. The van der Waals surface area contributed by atoms with E-state index >= 15 is 0 Å². The summed E-state index contributed by atoms with van der Waals surface area (Å²) in [7, 11) is -2.79. The van der Waals surface area contributed by atoms with Gasteiger partial charge in [-0.25, -0.2) is 4.85 Å². The summed E-state index contributed by atoms with van der Waals surface area (Å²) < 4.78 is 2.25. The van der Waals surface area contributed by atoms with E-state index in [4.69, 9.17) is 6.57 Å². The Morgan fingerprint density at radius 2 is 1.08 bits per heavy atom. The van der Waals surface area contributed by atoms with Gasteiger partial charge in [-0.05, 0) is 56.6 Å². The summed E-state index contributed by atoms with van der Waals surface area (Å²) in [5.41, 5.74) is 6.06. The van der Waals surface area contributed by atoms with Gasteiger partial charge in [-0.2, -0.15) is 5.26 Å². The maximum atomic E-state index is 9.71. The van der Waals surface area contributed by atoms with Crippen LogP contribution in [0.15, 0.2) is 176 Å². The van der Waals surface area contributed by atoms with E-state index in [1.54, 1.807) is 0 Å². The van der Waals surface area contributed by atoms with E-state index < -0.39 is 8.07 Å². The zero-order valence-electron chi connectivity index (χ0n) is 26.1. The van der Waals surface area contributed by atoms with Crippen LogP contribution < -0.4 is 20.7 Å². The Hall–Kier alpha value is -6.46. The number of hydrogen-bond acceptors (Lipinski definition) is 1. The van der Waals surface area contributed by atoms with Crippen LogP contribution in [0.4, 0.5) is 5.69 Å². The average molecular weight is 628 g/mol. The summed E-state index contributed by atoms with van der Waals surface area (Å²) in [6, 6.07) is 64.0. The highest BCUT2D eigenvalue weighted by atomic mass is 28.3. The van der Waals surface area contributed by atoms with Crippen LogP contribution >= 0.6 is 0 Å². The van der Waals surface area contributed by atoms with Crippen molar-refractivity contribution in [1.82, 2.24) is 4.57 Å². The van der Waals surface area contributed by atoms with Crippen molar-refractivity contribution in [3.8, 4) is 22.9 Å². The third-order valence-corrected chi connectivity index (χ3v) is 14.2. The van der Waals surface area contributed by atoms with Crippen molar-refractivity contribution in [2.75, 3.05) is 0 Å². The van der Waals surface area contributed by atoms with E-state index in [2.05, 4.69) is 149 Å². The van der Waals surface area contributed by atoms with Gasteiger partial charge in [0.05, 0.1) is 29.2 Å². The van der Waals surface area contributed by atoms with Crippen molar-refractivity contribution < 1.29 is 0 Å². The molecule has 224 valence electrons. The molecule has 3 nitrogen and oxygen atoms in total. The zero-order chi connectivity index (χ0) is 32.5. The lowest BCUT2D eigenvalue weighted by Crippen LogP contribution is -2.74. The molecule has 0 bridgehead atoms. The minimum atomic E-state index is -2.79. The van der Waals surface area contributed by atoms with Crippen LogP contribution in [0.25, 0.3) is 43.5 Å². The van der Waals surface area contributed by atoms with Crippen LogP contribution in [0, 0.1) is 17.9 Å². The summed E-state index contributed by atoms with van der Waals surface area (Å²) in [6.45, 7) is 8.30. The van der Waals surface area contributed by atoms with Crippen LogP contribution in [0.2, 0.25) is 0 Å². The lowest BCUT2D eigenvalue weighted by molar-refractivity contribution is 1.18. The molecule has 4 heteroatoms. The first-order chi connectivity index (χ1) is 23.7. The summed E-state index contributed by atoms with van der Waals surface area (Å²) >= 11 is 0. The number of nitriles is 1. The summed E-state index contributed by atoms with van der Waals surface area (Å²) in [5.74, 6) is 0. The molecule has 0 spiro atoms. The minimum Gasteiger partial charge on any atom is -0.310 e. The third kappa shape index (κ3) is 4.55. The number of para-hydroxylation sites is 1. The van der Waals surface area contributed by atoms with Gasteiger partial charge in [0.25, 0.3) is 0 Å². The molecule has 0 saturated carbocycles. The molecule has 1 aromatic heterocycles. The normalized spacial score (nSPS) is 11.3. The van der Waals surface area contributed by atoms with E-state index in [-0.39, 0.29) is 0 Å². The van der Waals surface area contributed by atoms with Crippen molar-refractivity contribution in [3.05, 3.63) is 193 Å². The Balaban J connectivity index is 1.45. The molecule has 48 heavy (non-hydrogen) atoms. The predicted molar refractivity (Wildman–Crippen MR) is 201 cm³/mol. The monoisotopic (exact) mass is 627 g/mol. The fourth-order valence-corrected chi connectivity index (χ4v) is 12.2. The highest BCUT2D eigenvalue weighted by Crippen LogP contribution is 2.40. The smallest absolute Gasteiger partial charge is 0.196 e. The molecule has 0 saturated heterocycles. The second-order valence-electron chi connectivity index (χ2n) is 11.9. The van der Waals surface area contributed by atoms with Crippen LogP contribution in [0.5, 0.6) is 0 Å². The van der Waals surface area contributed by atoms with Crippen LogP contribution in [-0.4, -0.2) is 12.6 Å². The van der Waals surface area contributed by atoms with Crippen molar-refractivity contribution >= 4 is 56.3 Å². The van der Waals surface area contributed by atoms with Gasteiger partial charge in [-0.15, -0.1) is 0 Å².